The van der Waals surface area contributed by atoms with Crippen LogP contribution in [0, 0.1) is 6.92 Å². The standard InChI is InChI=1S/C14H17N3/c1-11-10-17(13-8-5-9-13)14(15-11)16-12-6-3-2-4-7-12/h2-4,6-7,10,13H,5,8-9H2,1H3,(H,15,16). The first kappa shape index (κ1) is 10.4. The van der Waals surface area contributed by atoms with Gasteiger partial charge in [0, 0.05) is 17.9 Å². The first-order chi connectivity index (χ1) is 8.33. The molecule has 0 radical (unpaired) electrons. The summed E-state index contributed by atoms with van der Waals surface area (Å²) in [6.07, 6.45) is 6.04. The first-order valence-electron chi connectivity index (χ1n) is 6.20. The zero-order valence-corrected chi connectivity index (χ0v) is 10.1. The van der Waals surface area contributed by atoms with Gasteiger partial charge < -0.3 is 9.88 Å². The lowest BCUT2D eigenvalue weighted by atomic mass is 9.93. The van der Waals surface area contributed by atoms with E-state index in [9.17, 15) is 0 Å². The van der Waals surface area contributed by atoms with Gasteiger partial charge >= 0.3 is 0 Å². The number of anilines is 2. The van der Waals surface area contributed by atoms with Gasteiger partial charge in [-0.2, -0.15) is 0 Å². The summed E-state index contributed by atoms with van der Waals surface area (Å²) in [5.74, 6) is 0.971. The van der Waals surface area contributed by atoms with Crippen LogP contribution >= 0.6 is 0 Å². The Morgan fingerprint density at radius 1 is 1.24 bits per heavy atom. The number of para-hydroxylation sites is 1. The molecule has 1 aromatic carbocycles. The van der Waals surface area contributed by atoms with E-state index in [4.69, 9.17) is 0 Å². The highest BCUT2D eigenvalue weighted by Crippen LogP contribution is 2.34. The number of hydrogen-bond acceptors (Lipinski definition) is 2. The zero-order valence-electron chi connectivity index (χ0n) is 10.1. The van der Waals surface area contributed by atoms with Crippen molar-refractivity contribution in [2.24, 2.45) is 0 Å². The summed E-state index contributed by atoms with van der Waals surface area (Å²) in [6, 6.07) is 10.9. The van der Waals surface area contributed by atoms with Crippen LogP contribution in [0.15, 0.2) is 36.5 Å². The van der Waals surface area contributed by atoms with Gasteiger partial charge in [-0.1, -0.05) is 18.2 Å². The number of aryl methyl sites for hydroxylation is 1. The molecule has 2 aromatic rings. The van der Waals surface area contributed by atoms with Crippen LogP contribution in [-0.2, 0) is 0 Å². The maximum Gasteiger partial charge on any atom is 0.207 e. The Morgan fingerprint density at radius 2 is 2.00 bits per heavy atom. The molecule has 1 aromatic heterocycles. The molecule has 1 fully saturated rings. The van der Waals surface area contributed by atoms with Crippen LogP contribution < -0.4 is 5.32 Å². The van der Waals surface area contributed by atoms with Crippen LogP contribution in [0.5, 0.6) is 0 Å². The van der Waals surface area contributed by atoms with Crippen molar-refractivity contribution in [3.63, 3.8) is 0 Å². The fraction of sp³-hybridized carbons (Fsp3) is 0.357. The normalized spacial score (nSPS) is 15.6. The van der Waals surface area contributed by atoms with Gasteiger partial charge in [0.05, 0.1) is 5.69 Å². The Labute approximate surface area is 101 Å². The van der Waals surface area contributed by atoms with E-state index in [1.54, 1.807) is 0 Å². The van der Waals surface area contributed by atoms with E-state index in [-0.39, 0.29) is 0 Å². The molecular weight excluding hydrogens is 210 g/mol. The molecule has 0 bridgehead atoms. The van der Waals surface area contributed by atoms with Crippen molar-refractivity contribution in [1.82, 2.24) is 9.55 Å². The third-order valence-corrected chi connectivity index (χ3v) is 3.35. The molecule has 0 atom stereocenters. The predicted molar refractivity (Wildman–Crippen MR) is 69.6 cm³/mol. The number of hydrogen-bond donors (Lipinski definition) is 1. The lowest BCUT2D eigenvalue weighted by Crippen LogP contribution is -2.17. The lowest BCUT2D eigenvalue weighted by molar-refractivity contribution is 0.317. The molecule has 0 spiro atoms. The smallest absolute Gasteiger partial charge is 0.207 e. The molecule has 3 heteroatoms. The number of aromatic nitrogens is 2. The minimum atomic E-state index is 0.641. The molecule has 3 nitrogen and oxygen atoms in total. The third-order valence-electron chi connectivity index (χ3n) is 3.35. The Hall–Kier alpha value is -1.77. The quantitative estimate of drug-likeness (QED) is 0.867. The molecule has 88 valence electrons. The van der Waals surface area contributed by atoms with Gasteiger partial charge in [-0.15, -0.1) is 0 Å². The number of imidazole rings is 1. The summed E-state index contributed by atoms with van der Waals surface area (Å²) in [5.41, 5.74) is 2.18. The fourth-order valence-electron chi connectivity index (χ4n) is 2.20. The van der Waals surface area contributed by atoms with Crippen molar-refractivity contribution < 1.29 is 0 Å². The Bertz CT molecular complexity index is 497. The Balaban J connectivity index is 1.87. The third kappa shape index (κ3) is 2.05. The van der Waals surface area contributed by atoms with Gasteiger partial charge in [0.15, 0.2) is 0 Å². The topological polar surface area (TPSA) is 29.9 Å². The molecule has 1 aliphatic rings. The van der Waals surface area contributed by atoms with Crippen LogP contribution in [0.2, 0.25) is 0 Å². The molecule has 1 saturated carbocycles. The second-order valence-corrected chi connectivity index (χ2v) is 4.69. The molecule has 1 N–H and O–H groups in total. The molecule has 0 aliphatic heterocycles. The lowest BCUT2D eigenvalue weighted by Gasteiger charge is -2.28. The predicted octanol–water partition coefficient (Wildman–Crippen LogP) is 3.66. The number of nitrogens with one attached hydrogen (secondary N) is 1. The van der Waals surface area contributed by atoms with Crippen LogP contribution in [0.3, 0.4) is 0 Å². The average molecular weight is 227 g/mol. The summed E-state index contributed by atoms with van der Waals surface area (Å²) in [5, 5.41) is 3.39. The van der Waals surface area contributed by atoms with Crippen molar-refractivity contribution in [2.75, 3.05) is 5.32 Å². The number of benzene rings is 1. The Morgan fingerprint density at radius 3 is 2.65 bits per heavy atom. The second-order valence-electron chi connectivity index (χ2n) is 4.69. The van der Waals surface area contributed by atoms with Crippen LogP contribution in [0.4, 0.5) is 11.6 Å². The van der Waals surface area contributed by atoms with E-state index in [1.165, 1.54) is 19.3 Å². The van der Waals surface area contributed by atoms with E-state index in [2.05, 4.69) is 33.2 Å². The second kappa shape index (κ2) is 4.24. The molecule has 0 unspecified atom stereocenters. The van der Waals surface area contributed by atoms with Gasteiger partial charge in [0.1, 0.15) is 0 Å². The molecule has 1 heterocycles. The highest BCUT2D eigenvalue weighted by molar-refractivity contribution is 5.53. The summed E-state index contributed by atoms with van der Waals surface area (Å²) in [4.78, 5) is 4.56. The van der Waals surface area contributed by atoms with Crippen molar-refractivity contribution in [3.8, 4) is 0 Å². The van der Waals surface area contributed by atoms with E-state index in [0.29, 0.717) is 6.04 Å². The Kier molecular flexibility index (Phi) is 2.59. The van der Waals surface area contributed by atoms with Crippen LogP contribution in [0.25, 0.3) is 0 Å². The van der Waals surface area contributed by atoms with Crippen molar-refractivity contribution >= 4 is 11.6 Å². The van der Waals surface area contributed by atoms with E-state index >= 15 is 0 Å². The van der Waals surface area contributed by atoms with E-state index in [0.717, 1.165) is 17.3 Å². The number of nitrogens with zero attached hydrogens (tertiary/aromatic N) is 2. The summed E-state index contributed by atoms with van der Waals surface area (Å²) in [7, 11) is 0. The zero-order chi connectivity index (χ0) is 11.7. The average Bonchev–Trinajstić information content (AvgIpc) is 2.59. The van der Waals surface area contributed by atoms with Crippen LogP contribution in [-0.4, -0.2) is 9.55 Å². The van der Waals surface area contributed by atoms with Gasteiger partial charge in [-0.3, -0.25) is 0 Å². The van der Waals surface area contributed by atoms with Crippen molar-refractivity contribution in [1.29, 1.82) is 0 Å². The number of rotatable bonds is 3. The maximum absolute atomic E-state index is 4.56. The summed E-state index contributed by atoms with van der Waals surface area (Å²) < 4.78 is 2.28. The minimum absolute atomic E-state index is 0.641. The van der Waals surface area contributed by atoms with Crippen molar-refractivity contribution in [2.45, 2.75) is 32.2 Å². The van der Waals surface area contributed by atoms with E-state index < -0.39 is 0 Å². The molecule has 1 aliphatic carbocycles. The van der Waals surface area contributed by atoms with Crippen molar-refractivity contribution in [3.05, 3.63) is 42.2 Å². The van der Waals surface area contributed by atoms with Crippen LogP contribution in [0.1, 0.15) is 31.0 Å². The molecule has 3 rings (SSSR count). The SMILES string of the molecule is Cc1cn(C2CCC2)c(Nc2ccccc2)n1. The van der Waals surface area contributed by atoms with Gasteiger partial charge in [-0.25, -0.2) is 4.98 Å². The monoisotopic (exact) mass is 227 g/mol. The van der Waals surface area contributed by atoms with Gasteiger partial charge in [-0.05, 0) is 38.3 Å². The highest BCUT2D eigenvalue weighted by atomic mass is 15.2. The summed E-state index contributed by atoms with van der Waals surface area (Å²) >= 11 is 0. The van der Waals surface area contributed by atoms with Gasteiger partial charge in [0.25, 0.3) is 0 Å². The van der Waals surface area contributed by atoms with Gasteiger partial charge in [0.2, 0.25) is 5.95 Å². The highest BCUT2D eigenvalue weighted by Gasteiger charge is 2.22. The molecular formula is C14H17N3. The maximum atomic E-state index is 4.56. The van der Waals surface area contributed by atoms with E-state index in [1.807, 2.05) is 25.1 Å². The molecule has 0 amide bonds. The summed E-state index contributed by atoms with van der Waals surface area (Å²) in [6.45, 7) is 2.05. The minimum Gasteiger partial charge on any atom is -0.326 e. The first-order valence-corrected chi connectivity index (χ1v) is 6.20. The largest absolute Gasteiger partial charge is 0.326 e. The fourth-order valence-corrected chi connectivity index (χ4v) is 2.20. The molecule has 17 heavy (non-hydrogen) atoms. The molecule has 0 saturated heterocycles.